The molecule has 0 saturated carbocycles. The molecule has 0 spiro atoms. The number of fused-ring (bicyclic) bond motifs is 1. The number of halogens is 1. The maximum absolute atomic E-state index is 12.9. The zero-order valence-electron chi connectivity index (χ0n) is 13.8. The van der Waals surface area contributed by atoms with Crippen molar-refractivity contribution in [2.75, 3.05) is 7.05 Å². The SMILES string of the molecule is CN(C(=O)c1cnc(-c2ccccc2Cl)s1)C1CCc2ccccc21. The fourth-order valence-electron chi connectivity index (χ4n) is 3.38. The topological polar surface area (TPSA) is 33.2 Å². The van der Waals surface area contributed by atoms with Crippen LogP contribution >= 0.6 is 22.9 Å². The highest BCUT2D eigenvalue weighted by atomic mass is 35.5. The third kappa shape index (κ3) is 2.96. The van der Waals surface area contributed by atoms with Crippen molar-refractivity contribution in [2.45, 2.75) is 18.9 Å². The number of thiazole rings is 1. The van der Waals surface area contributed by atoms with E-state index in [9.17, 15) is 4.79 Å². The average Bonchev–Trinajstić information content (AvgIpc) is 3.28. The highest BCUT2D eigenvalue weighted by molar-refractivity contribution is 7.17. The molecule has 3 aromatic rings. The second-order valence-corrected chi connectivity index (χ2v) is 7.62. The first-order valence-electron chi connectivity index (χ1n) is 8.21. The van der Waals surface area contributed by atoms with Crippen LogP contribution in [-0.2, 0) is 6.42 Å². The van der Waals surface area contributed by atoms with Crippen LogP contribution in [0, 0.1) is 0 Å². The summed E-state index contributed by atoms with van der Waals surface area (Å²) in [6.45, 7) is 0. The number of carbonyl (C=O) groups excluding carboxylic acids is 1. The van der Waals surface area contributed by atoms with E-state index in [1.165, 1.54) is 22.5 Å². The number of amides is 1. The molecule has 1 aliphatic rings. The van der Waals surface area contributed by atoms with Gasteiger partial charge in [0.05, 0.1) is 17.3 Å². The lowest BCUT2D eigenvalue weighted by Gasteiger charge is -2.24. The Labute approximate surface area is 155 Å². The van der Waals surface area contributed by atoms with Gasteiger partial charge in [-0.05, 0) is 30.0 Å². The lowest BCUT2D eigenvalue weighted by molar-refractivity contribution is 0.0735. The Hall–Kier alpha value is -2.17. The number of carbonyl (C=O) groups is 1. The first kappa shape index (κ1) is 16.3. The summed E-state index contributed by atoms with van der Waals surface area (Å²) >= 11 is 7.63. The van der Waals surface area contributed by atoms with Crippen LogP contribution in [-0.4, -0.2) is 22.8 Å². The minimum Gasteiger partial charge on any atom is -0.334 e. The Kier molecular flexibility index (Phi) is 4.32. The molecular weight excluding hydrogens is 352 g/mol. The van der Waals surface area contributed by atoms with Crippen LogP contribution in [0.5, 0.6) is 0 Å². The molecule has 126 valence electrons. The molecule has 4 rings (SSSR count). The van der Waals surface area contributed by atoms with Gasteiger partial charge in [0.15, 0.2) is 0 Å². The van der Waals surface area contributed by atoms with E-state index in [0.717, 1.165) is 23.4 Å². The number of rotatable bonds is 3. The van der Waals surface area contributed by atoms with Crippen molar-refractivity contribution in [1.82, 2.24) is 9.88 Å². The van der Waals surface area contributed by atoms with Crippen LogP contribution in [0.1, 0.15) is 33.3 Å². The minimum atomic E-state index is 0.0116. The van der Waals surface area contributed by atoms with Crippen LogP contribution in [0.2, 0.25) is 5.02 Å². The fraction of sp³-hybridized carbons (Fsp3) is 0.200. The van der Waals surface area contributed by atoms with Gasteiger partial charge in [-0.25, -0.2) is 4.98 Å². The average molecular weight is 369 g/mol. The van der Waals surface area contributed by atoms with E-state index >= 15 is 0 Å². The van der Waals surface area contributed by atoms with Gasteiger partial charge in [-0.1, -0.05) is 54.1 Å². The lowest BCUT2D eigenvalue weighted by atomic mass is 10.1. The summed E-state index contributed by atoms with van der Waals surface area (Å²) < 4.78 is 0. The smallest absolute Gasteiger partial charge is 0.265 e. The van der Waals surface area contributed by atoms with Crippen LogP contribution in [0.4, 0.5) is 0 Å². The maximum Gasteiger partial charge on any atom is 0.265 e. The highest BCUT2D eigenvalue weighted by Gasteiger charge is 2.29. The number of hydrogen-bond acceptors (Lipinski definition) is 3. The molecule has 0 N–H and O–H groups in total. The number of benzene rings is 2. The Morgan fingerprint density at radius 3 is 2.80 bits per heavy atom. The van der Waals surface area contributed by atoms with E-state index in [2.05, 4.69) is 23.2 Å². The van der Waals surface area contributed by atoms with Crippen molar-refractivity contribution < 1.29 is 4.79 Å². The second kappa shape index (κ2) is 6.62. The zero-order valence-corrected chi connectivity index (χ0v) is 15.3. The van der Waals surface area contributed by atoms with Crippen molar-refractivity contribution in [3.05, 3.63) is 75.8 Å². The number of aryl methyl sites for hydroxylation is 1. The Bertz CT molecular complexity index is 937. The van der Waals surface area contributed by atoms with Crippen molar-refractivity contribution in [3.8, 4) is 10.6 Å². The van der Waals surface area contributed by atoms with Crippen molar-refractivity contribution in [1.29, 1.82) is 0 Å². The monoisotopic (exact) mass is 368 g/mol. The van der Waals surface area contributed by atoms with Crippen molar-refractivity contribution in [3.63, 3.8) is 0 Å². The number of nitrogens with zero attached hydrogens (tertiary/aromatic N) is 2. The highest BCUT2D eigenvalue weighted by Crippen LogP contribution is 2.37. The molecule has 0 fully saturated rings. The molecule has 1 amide bonds. The van der Waals surface area contributed by atoms with Gasteiger partial charge in [0.2, 0.25) is 0 Å². The van der Waals surface area contributed by atoms with Gasteiger partial charge < -0.3 is 4.90 Å². The third-order valence-corrected chi connectivity index (χ3v) is 6.06. The molecule has 25 heavy (non-hydrogen) atoms. The summed E-state index contributed by atoms with van der Waals surface area (Å²) in [5.41, 5.74) is 3.46. The molecule has 1 aliphatic carbocycles. The molecule has 0 bridgehead atoms. The van der Waals surface area contributed by atoms with Gasteiger partial charge >= 0.3 is 0 Å². The molecule has 0 radical (unpaired) electrons. The summed E-state index contributed by atoms with van der Waals surface area (Å²) in [4.78, 5) is 19.8. The molecule has 1 atom stereocenters. The van der Waals surface area contributed by atoms with E-state index in [-0.39, 0.29) is 11.9 Å². The Balaban J connectivity index is 1.59. The lowest BCUT2D eigenvalue weighted by Crippen LogP contribution is -2.29. The predicted molar refractivity (Wildman–Crippen MR) is 102 cm³/mol. The van der Waals surface area contributed by atoms with Crippen LogP contribution < -0.4 is 0 Å². The summed E-state index contributed by atoms with van der Waals surface area (Å²) in [5, 5.41) is 1.42. The molecule has 5 heteroatoms. The van der Waals surface area contributed by atoms with Crippen LogP contribution in [0.15, 0.2) is 54.7 Å². The number of aromatic nitrogens is 1. The number of hydrogen-bond donors (Lipinski definition) is 0. The summed E-state index contributed by atoms with van der Waals surface area (Å²) in [6, 6.07) is 16.1. The van der Waals surface area contributed by atoms with E-state index in [1.54, 1.807) is 6.20 Å². The van der Waals surface area contributed by atoms with Gasteiger partial charge in [0.1, 0.15) is 9.88 Å². The van der Waals surface area contributed by atoms with E-state index in [1.807, 2.05) is 42.3 Å². The summed E-state index contributed by atoms with van der Waals surface area (Å²) in [6.07, 6.45) is 3.65. The Morgan fingerprint density at radius 1 is 1.20 bits per heavy atom. The third-order valence-electron chi connectivity index (χ3n) is 4.71. The predicted octanol–water partition coefficient (Wildman–Crippen LogP) is 5.22. The van der Waals surface area contributed by atoms with Gasteiger partial charge in [-0.2, -0.15) is 0 Å². The summed E-state index contributed by atoms with van der Waals surface area (Å²) in [5.74, 6) is 0.0116. The fourth-order valence-corrected chi connectivity index (χ4v) is 4.60. The van der Waals surface area contributed by atoms with Crippen molar-refractivity contribution in [2.24, 2.45) is 0 Å². The quantitative estimate of drug-likeness (QED) is 0.634. The van der Waals surface area contributed by atoms with Gasteiger partial charge in [-0.15, -0.1) is 11.3 Å². The molecule has 0 aliphatic heterocycles. The Morgan fingerprint density at radius 2 is 1.96 bits per heavy atom. The minimum absolute atomic E-state index is 0.0116. The van der Waals surface area contributed by atoms with Gasteiger partial charge in [0, 0.05) is 12.6 Å². The van der Waals surface area contributed by atoms with Gasteiger partial charge in [0.25, 0.3) is 5.91 Å². The second-order valence-electron chi connectivity index (χ2n) is 6.18. The van der Waals surface area contributed by atoms with E-state index in [4.69, 9.17) is 11.6 Å². The molecule has 0 saturated heterocycles. The summed E-state index contributed by atoms with van der Waals surface area (Å²) in [7, 11) is 1.88. The van der Waals surface area contributed by atoms with E-state index < -0.39 is 0 Å². The van der Waals surface area contributed by atoms with E-state index in [0.29, 0.717) is 9.90 Å². The van der Waals surface area contributed by atoms with Crippen LogP contribution in [0.3, 0.4) is 0 Å². The van der Waals surface area contributed by atoms with Crippen LogP contribution in [0.25, 0.3) is 10.6 Å². The molecule has 2 aromatic carbocycles. The standard InChI is InChI=1S/C20H17ClN2OS/c1-23(17-11-10-13-6-2-3-7-14(13)17)20(24)18-12-22-19(25-18)15-8-4-5-9-16(15)21/h2-9,12,17H,10-11H2,1H3. The van der Waals surface area contributed by atoms with Gasteiger partial charge in [-0.3, -0.25) is 4.79 Å². The molecule has 3 nitrogen and oxygen atoms in total. The zero-order chi connectivity index (χ0) is 17.4. The molecule has 1 aromatic heterocycles. The molecule has 1 heterocycles. The van der Waals surface area contributed by atoms with Crippen molar-refractivity contribution >= 4 is 28.8 Å². The first-order valence-corrected chi connectivity index (χ1v) is 9.40. The maximum atomic E-state index is 12.9. The molecule has 1 unspecified atom stereocenters. The normalized spacial score (nSPS) is 15.8. The molecular formula is C20H17ClN2OS. The first-order chi connectivity index (χ1) is 12.1. The largest absolute Gasteiger partial charge is 0.334 e.